The Morgan fingerprint density at radius 3 is 2.57 bits per heavy atom. The van der Waals surface area contributed by atoms with Crippen LogP contribution >= 0.6 is 0 Å². The molecule has 1 amide bonds. The Morgan fingerprint density at radius 2 is 2.10 bits per heavy atom. The number of aliphatic carboxylic acids is 1. The van der Waals surface area contributed by atoms with E-state index in [1.165, 1.54) is 18.2 Å². The third-order valence-corrected chi connectivity index (χ3v) is 2.74. The van der Waals surface area contributed by atoms with E-state index in [0.717, 1.165) is 0 Å². The van der Waals surface area contributed by atoms with Gasteiger partial charge in [-0.05, 0) is 19.4 Å². The average Bonchev–Trinajstić information content (AvgIpc) is 2.44. The third kappa shape index (κ3) is 3.91. The van der Waals surface area contributed by atoms with Gasteiger partial charge in [0.25, 0.3) is 11.6 Å². The Hall–Kier alpha value is -2.64. The number of carbonyl (C=O) groups excluding carboxylic acids is 1. The zero-order chi connectivity index (χ0) is 16.0. The van der Waals surface area contributed by atoms with Crippen LogP contribution in [0.15, 0.2) is 18.2 Å². The van der Waals surface area contributed by atoms with Crippen molar-refractivity contribution >= 4 is 17.6 Å². The first kappa shape index (κ1) is 16.4. The number of hydrogen-bond donors (Lipinski definition) is 2. The van der Waals surface area contributed by atoms with Crippen LogP contribution in [0.3, 0.4) is 0 Å². The Morgan fingerprint density at radius 1 is 1.43 bits per heavy atom. The van der Waals surface area contributed by atoms with E-state index in [1.54, 1.807) is 13.8 Å². The molecule has 8 heteroatoms. The minimum absolute atomic E-state index is 0.0458. The molecule has 0 saturated carbocycles. The van der Waals surface area contributed by atoms with Crippen LogP contribution in [0, 0.1) is 10.1 Å². The van der Waals surface area contributed by atoms with Crippen LogP contribution in [0.25, 0.3) is 0 Å². The Labute approximate surface area is 120 Å². The Kier molecular flexibility index (Phi) is 5.65. The molecule has 0 aliphatic carbocycles. The van der Waals surface area contributed by atoms with Crippen LogP contribution < -0.4 is 10.1 Å². The summed E-state index contributed by atoms with van der Waals surface area (Å²) in [4.78, 5) is 33.4. The maximum atomic E-state index is 12.2. The molecule has 0 aromatic heterocycles. The molecule has 0 aliphatic rings. The molecule has 2 N–H and O–H groups in total. The van der Waals surface area contributed by atoms with Crippen molar-refractivity contribution in [2.45, 2.75) is 26.3 Å². The molecule has 0 saturated heterocycles. The smallest absolute Gasteiger partial charge is 0.326 e. The van der Waals surface area contributed by atoms with Gasteiger partial charge in [0, 0.05) is 6.07 Å². The van der Waals surface area contributed by atoms with E-state index < -0.39 is 28.5 Å². The van der Waals surface area contributed by atoms with E-state index in [2.05, 4.69) is 5.32 Å². The molecule has 1 aromatic rings. The number of hydrogen-bond acceptors (Lipinski definition) is 5. The van der Waals surface area contributed by atoms with Gasteiger partial charge >= 0.3 is 5.97 Å². The number of amides is 1. The molecular formula is C13H16N2O6. The standard InChI is InChI=1S/C13H16N2O6/c1-3-8(13(17)18)14-12(16)11-9(15(19)20)6-5-7-10(11)21-4-2/h5-8H,3-4H2,1-2H3,(H,14,16)(H,17,18)/t8-/m1/s1. The molecule has 21 heavy (non-hydrogen) atoms. The predicted octanol–water partition coefficient (Wildman–Crippen LogP) is 1.59. The molecule has 0 heterocycles. The predicted molar refractivity (Wildman–Crippen MR) is 73.4 cm³/mol. The fourth-order valence-electron chi connectivity index (χ4n) is 1.74. The van der Waals surface area contributed by atoms with E-state index in [4.69, 9.17) is 9.84 Å². The number of nitro groups is 1. The summed E-state index contributed by atoms with van der Waals surface area (Å²) in [5.74, 6) is -2.01. The van der Waals surface area contributed by atoms with Gasteiger partial charge in [-0.1, -0.05) is 13.0 Å². The van der Waals surface area contributed by atoms with Crippen molar-refractivity contribution < 1.29 is 24.4 Å². The van der Waals surface area contributed by atoms with Crippen LogP contribution in [-0.2, 0) is 4.79 Å². The topological polar surface area (TPSA) is 119 Å². The third-order valence-electron chi connectivity index (χ3n) is 2.74. The maximum absolute atomic E-state index is 12.2. The van der Waals surface area contributed by atoms with Crippen LogP contribution in [0.2, 0.25) is 0 Å². The van der Waals surface area contributed by atoms with Gasteiger partial charge in [0.05, 0.1) is 11.5 Å². The molecule has 1 rings (SSSR count). The highest BCUT2D eigenvalue weighted by Gasteiger charge is 2.28. The lowest BCUT2D eigenvalue weighted by atomic mass is 10.1. The van der Waals surface area contributed by atoms with E-state index in [9.17, 15) is 19.7 Å². The quantitative estimate of drug-likeness (QED) is 0.582. The molecule has 1 atom stereocenters. The normalized spacial score (nSPS) is 11.5. The molecular weight excluding hydrogens is 280 g/mol. The van der Waals surface area contributed by atoms with Crippen LogP contribution in [0.1, 0.15) is 30.6 Å². The number of nitrogens with one attached hydrogen (secondary N) is 1. The van der Waals surface area contributed by atoms with Gasteiger partial charge in [-0.3, -0.25) is 14.9 Å². The number of ether oxygens (including phenoxy) is 1. The molecule has 0 spiro atoms. The number of nitrogens with zero attached hydrogens (tertiary/aromatic N) is 1. The van der Waals surface area contributed by atoms with Crippen LogP contribution in [-0.4, -0.2) is 34.6 Å². The highest BCUT2D eigenvalue weighted by molar-refractivity contribution is 6.02. The van der Waals surface area contributed by atoms with E-state index in [0.29, 0.717) is 0 Å². The number of nitro benzene ring substituents is 1. The lowest BCUT2D eigenvalue weighted by molar-refractivity contribution is -0.385. The molecule has 8 nitrogen and oxygen atoms in total. The summed E-state index contributed by atoms with van der Waals surface area (Å²) in [6, 6.07) is 2.87. The first-order chi connectivity index (χ1) is 9.92. The molecule has 0 unspecified atom stereocenters. The number of carboxylic acid groups (broad SMARTS) is 1. The summed E-state index contributed by atoms with van der Waals surface area (Å²) in [5.41, 5.74) is -0.706. The van der Waals surface area contributed by atoms with Crippen molar-refractivity contribution in [3.05, 3.63) is 33.9 Å². The zero-order valence-electron chi connectivity index (χ0n) is 11.7. The number of rotatable bonds is 7. The van der Waals surface area contributed by atoms with Crippen molar-refractivity contribution in [3.8, 4) is 5.75 Å². The highest BCUT2D eigenvalue weighted by atomic mass is 16.6. The lowest BCUT2D eigenvalue weighted by Gasteiger charge is -2.14. The molecule has 0 bridgehead atoms. The molecule has 1 aromatic carbocycles. The second-order valence-electron chi connectivity index (χ2n) is 4.11. The summed E-state index contributed by atoms with van der Waals surface area (Å²) in [5, 5.41) is 22.2. The summed E-state index contributed by atoms with van der Waals surface area (Å²) >= 11 is 0. The molecule has 0 aliphatic heterocycles. The highest BCUT2D eigenvalue weighted by Crippen LogP contribution is 2.28. The molecule has 0 fully saturated rings. The fourth-order valence-corrected chi connectivity index (χ4v) is 1.74. The second-order valence-corrected chi connectivity index (χ2v) is 4.11. The van der Waals surface area contributed by atoms with Crippen molar-refractivity contribution in [1.82, 2.24) is 5.32 Å². The van der Waals surface area contributed by atoms with Crippen LogP contribution in [0.4, 0.5) is 5.69 Å². The number of benzene rings is 1. The van der Waals surface area contributed by atoms with Gasteiger partial charge in [0.15, 0.2) is 5.56 Å². The van der Waals surface area contributed by atoms with Crippen molar-refractivity contribution in [2.75, 3.05) is 6.61 Å². The second kappa shape index (κ2) is 7.22. The van der Waals surface area contributed by atoms with Crippen molar-refractivity contribution in [2.24, 2.45) is 0 Å². The van der Waals surface area contributed by atoms with Crippen molar-refractivity contribution in [3.63, 3.8) is 0 Å². The minimum atomic E-state index is -1.21. The van der Waals surface area contributed by atoms with Gasteiger partial charge in [0.2, 0.25) is 0 Å². The number of carboxylic acids is 1. The summed E-state index contributed by atoms with van der Waals surface area (Å²) in [7, 11) is 0. The largest absolute Gasteiger partial charge is 0.493 e. The van der Waals surface area contributed by atoms with Crippen molar-refractivity contribution in [1.29, 1.82) is 0 Å². The zero-order valence-corrected chi connectivity index (χ0v) is 11.7. The molecule has 0 radical (unpaired) electrons. The summed E-state index contributed by atoms with van der Waals surface area (Å²) < 4.78 is 5.21. The Bertz CT molecular complexity index is 558. The number of carbonyl (C=O) groups is 2. The first-order valence-electron chi connectivity index (χ1n) is 6.36. The maximum Gasteiger partial charge on any atom is 0.326 e. The molecule has 114 valence electrons. The van der Waals surface area contributed by atoms with Gasteiger partial charge < -0.3 is 15.2 Å². The van der Waals surface area contributed by atoms with E-state index in [1.807, 2.05) is 0 Å². The van der Waals surface area contributed by atoms with Gasteiger partial charge in [-0.25, -0.2) is 4.79 Å². The van der Waals surface area contributed by atoms with Crippen LogP contribution in [0.5, 0.6) is 5.75 Å². The summed E-state index contributed by atoms with van der Waals surface area (Å²) in [6.07, 6.45) is 0.158. The van der Waals surface area contributed by atoms with E-state index in [-0.39, 0.29) is 24.3 Å². The SMILES string of the molecule is CCOc1cccc([N+](=O)[O-])c1C(=O)N[C@H](CC)C(=O)O. The van der Waals surface area contributed by atoms with E-state index >= 15 is 0 Å². The summed E-state index contributed by atoms with van der Waals surface area (Å²) in [6.45, 7) is 3.48. The monoisotopic (exact) mass is 296 g/mol. The Balaban J connectivity index is 3.22. The van der Waals surface area contributed by atoms with Gasteiger partial charge in [-0.15, -0.1) is 0 Å². The first-order valence-corrected chi connectivity index (χ1v) is 6.36. The fraction of sp³-hybridized carbons (Fsp3) is 0.385. The minimum Gasteiger partial charge on any atom is -0.493 e. The van der Waals surface area contributed by atoms with Gasteiger partial charge in [0.1, 0.15) is 11.8 Å². The average molecular weight is 296 g/mol. The lowest BCUT2D eigenvalue weighted by Crippen LogP contribution is -2.40. The van der Waals surface area contributed by atoms with Gasteiger partial charge in [-0.2, -0.15) is 0 Å².